The molecule has 0 aliphatic rings. The molecule has 5 nitrogen and oxygen atoms in total. The Balaban J connectivity index is 2.96. The minimum atomic E-state index is -3.75. The molecule has 0 aliphatic carbocycles. The van der Waals surface area contributed by atoms with Gasteiger partial charge >= 0.3 is 10.2 Å². The third-order valence-electron chi connectivity index (χ3n) is 4.65. The molecule has 0 aliphatic heterocycles. The van der Waals surface area contributed by atoms with Gasteiger partial charge in [-0.15, -0.1) is 0 Å². The van der Waals surface area contributed by atoms with Crippen molar-refractivity contribution in [1.82, 2.24) is 8.28 Å². The fourth-order valence-electron chi connectivity index (χ4n) is 3.27. The van der Waals surface area contributed by atoms with Crippen LogP contribution in [0.1, 0.15) is 17.4 Å². The highest BCUT2D eigenvalue weighted by molar-refractivity contribution is 7.87. The topological polar surface area (TPSA) is 62.5 Å². The van der Waals surface area contributed by atoms with Crippen LogP contribution in [0.4, 0.5) is 0 Å². The number of aliphatic hydroxyl groups excluding tert-OH is 1. The minimum absolute atomic E-state index is 0.506. The van der Waals surface area contributed by atoms with E-state index < -0.39 is 32.5 Å². The summed E-state index contributed by atoms with van der Waals surface area (Å²) in [6.45, 7) is 13.3. The number of aliphatic hydroxyl groups is 1. The summed E-state index contributed by atoms with van der Waals surface area (Å²) in [4.78, 5) is 0. The van der Waals surface area contributed by atoms with Crippen LogP contribution >= 0.6 is 0 Å². The van der Waals surface area contributed by atoms with Crippen molar-refractivity contribution >= 4 is 36.7 Å². The van der Waals surface area contributed by atoms with Gasteiger partial charge in [-0.3, -0.25) is 0 Å². The first-order chi connectivity index (χ1) is 12.2. The van der Waals surface area contributed by atoms with E-state index in [1.807, 2.05) is 30.3 Å². The summed E-state index contributed by atoms with van der Waals surface area (Å²) in [6, 6.07) is 9.29. The molecular weight excluding hydrogens is 392 g/mol. The van der Waals surface area contributed by atoms with Crippen LogP contribution < -0.4 is 10.4 Å². The lowest BCUT2D eigenvalue weighted by molar-refractivity contribution is 0.215. The lowest BCUT2D eigenvalue weighted by Crippen LogP contribution is -2.56. The Labute approximate surface area is 165 Å². The predicted molar refractivity (Wildman–Crippen MR) is 119 cm³/mol. The van der Waals surface area contributed by atoms with Crippen molar-refractivity contribution in [3.63, 3.8) is 0 Å². The molecule has 1 atom stereocenters. The van der Waals surface area contributed by atoms with Crippen LogP contribution in [0.2, 0.25) is 39.3 Å². The van der Waals surface area contributed by atoms with Crippen molar-refractivity contribution in [1.29, 1.82) is 0 Å². The van der Waals surface area contributed by atoms with E-state index >= 15 is 0 Å². The highest BCUT2D eigenvalue weighted by atomic mass is 32.2. The van der Waals surface area contributed by atoms with E-state index in [9.17, 15) is 13.5 Å². The first-order valence-electron chi connectivity index (χ1n) is 9.11. The van der Waals surface area contributed by atoms with Gasteiger partial charge in [0, 0.05) is 20.3 Å². The summed E-state index contributed by atoms with van der Waals surface area (Å²) in [5, 5.41) is 13.5. The Kier molecular flexibility index (Phi) is 5.99. The second kappa shape index (κ2) is 7.32. The molecule has 2 rings (SSSR count). The normalized spacial score (nSPS) is 14.6. The molecule has 0 saturated heterocycles. The number of benzene rings is 1. The van der Waals surface area contributed by atoms with Gasteiger partial charge in [0.1, 0.15) is 6.10 Å². The van der Waals surface area contributed by atoms with Gasteiger partial charge in [0.25, 0.3) is 0 Å². The Hall–Kier alpha value is -1.20. The van der Waals surface area contributed by atoms with Crippen LogP contribution in [0.25, 0.3) is 0 Å². The van der Waals surface area contributed by atoms with Crippen molar-refractivity contribution in [2.24, 2.45) is 0 Å². The third kappa shape index (κ3) is 4.29. The van der Waals surface area contributed by atoms with Gasteiger partial charge in [0.05, 0.1) is 21.8 Å². The largest absolute Gasteiger partial charge is 0.382 e. The first-order valence-corrected chi connectivity index (χ1v) is 17.5. The molecule has 0 fully saturated rings. The van der Waals surface area contributed by atoms with Gasteiger partial charge in [-0.25, -0.2) is 3.97 Å². The quantitative estimate of drug-likeness (QED) is 0.724. The smallest absolute Gasteiger partial charge is 0.307 e. The van der Waals surface area contributed by atoms with Crippen molar-refractivity contribution in [2.45, 2.75) is 45.4 Å². The van der Waals surface area contributed by atoms with Crippen molar-refractivity contribution in [2.75, 3.05) is 14.1 Å². The van der Waals surface area contributed by atoms with E-state index in [0.29, 0.717) is 11.3 Å². The van der Waals surface area contributed by atoms with Gasteiger partial charge < -0.3 is 5.11 Å². The summed E-state index contributed by atoms with van der Waals surface area (Å²) in [5.74, 6) is 0. The summed E-state index contributed by atoms with van der Waals surface area (Å²) in [6.07, 6.45) is 0.782. The zero-order valence-corrected chi connectivity index (χ0v) is 20.4. The molecule has 1 aromatic heterocycles. The molecule has 0 radical (unpaired) electrons. The molecule has 1 N–H and O–H groups in total. The summed E-state index contributed by atoms with van der Waals surface area (Å²) in [7, 11) is -4.49. The van der Waals surface area contributed by atoms with Crippen LogP contribution in [-0.4, -0.2) is 52.0 Å². The molecule has 1 aromatic carbocycles. The predicted octanol–water partition coefficient (Wildman–Crippen LogP) is 2.31. The minimum Gasteiger partial charge on any atom is -0.382 e. The Bertz CT molecular complexity index is 909. The second-order valence-corrected chi connectivity index (χ2v) is 21.3. The van der Waals surface area contributed by atoms with E-state index in [-0.39, 0.29) is 0 Å². The van der Waals surface area contributed by atoms with Gasteiger partial charge in [0.2, 0.25) is 0 Å². The monoisotopic (exact) mass is 424 g/mol. The maximum Gasteiger partial charge on any atom is 0.307 e. The van der Waals surface area contributed by atoms with Crippen LogP contribution in [0, 0.1) is 0 Å². The first kappa shape index (κ1) is 22.1. The molecule has 1 unspecified atom stereocenters. The molecule has 1 heterocycles. The fourth-order valence-corrected chi connectivity index (χ4v) is 10.0. The van der Waals surface area contributed by atoms with E-state index in [1.54, 1.807) is 6.20 Å². The van der Waals surface area contributed by atoms with Crippen molar-refractivity contribution in [3.8, 4) is 0 Å². The van der Waals surface area contributed by atoms with Crippen molar-refractivity contribution in [3.05, 3.63) is 47.8 Å². The molecule has 150 valence electrons. The zero-order valence-electron chi connectivity index (χ0n) is 17.6. The Morgan fingerprint density at radius 3 is 1.89 bits per heavy atom. The van der Waals surface area contributed by atoms with Gasteiger partial charge in [-0.2, -0.15) is 12.7 Å². The summed E-state index contributed by atoms with van der Waals surface area (Å²) in [5.41, 5.74) is 1.21. The molecule has 2 aromatic rings. The molecular formula is C19H32N2O3SSi2. The highest BCUT2D eigenvalue weighted by Crippen LogP contribution is 2.26. The van der Waals surface area contributed by atoms with Crippen molar-refractivity contribution < 1.29 is 13.5 Å². The van der Waals surface area contributed by atoms with E-state index in [4.69, 9.17) is 0 Å². The SMILES string of the molecule is CN(C)S(=O)(=O)n1cc([Si](C)(C)C)c([Si](C)(C)C)c1C(O)c1ccccc1. The second-order valence-electron chi connectivity index (χ2n) is 9.20. The molecule has 8 heteroatoms. The molecule has 0 spiro atoms. The number of aromatic nitrogens is 1. The molecule has 0 bridgehead atoms. The standard InChI is InChI=1S/C19H32N2O3SSi2/c1-20(2)25(23,24)21-14-16(26(3,4)5)19(27(6,7)8)17(21)18(22)15-12-10-9-11-13-15/h9-14,18,22H,1-8H3. The van der Waals surface area contributed by atoms with Gasteiger partial charge in [-0.1, -0.05) is 69.6 Å². The van der Waals surface area contributed by atoms with E-state index in [0.717, 1.165) is 10.4 Å². The molecule has 27 heavy (non-hydrogen) atoms. The number of hydrogen-bond donors (Lipinski definition) is 1. The van der Waals surface area contributed by atoms with E-state index in [1.165, 1.54) is 22.4 Å². The third-order valence-corrected chi connectivity index (χ3v) is 10.6. The number of nitrogens with zero attached hydrogens (tertiary/aromatic N) is 2. The molecule has 0 saturated carbocycles. The fraction of sp³-hybridized carbons (Fsp3) is 0.474. The summed E-state index contributed by atoms with van der Waals surface area (Å²) < 4.78 is 28.8. The maximum atomic E-state index is 13.1. The average Bonchev–Trinajstić information content (AvgIpc) is 2.96. The molecule has 0 amide bonds. The highest BCUT2D eigenvalue weighted by Gasteiger charge is 2.38. The lowest BCUT2D eigenvalue weighted by atomic mass is 10.1. The number of rotatable bonds is 6. The Morgan fingerprint density at radius 1 is 0.963 bits per heavy atom. The zero-order chi connectivity index (χ0) is 20.8. The van der Waals surface area contributed by atoms with Gasteiger partial charge in [0.15, 0.2) is 0 Å². The average molecular weight is 425 g/mol. The summed E-state index contributed by atoms with van der Waals surface area (Å²) >= 11 is 0. The Morgan fingerprint density at radius 2 is 1.48 bits per heavy atom. The van der Waals surface area contributed by atoms with Crippen LogP contribution in [0.3, 0.4) is 0 Å². The van der Waals surface area contributed by atoms with Gasteiger partial charge in [-0.05, 0) is 15.9 Å². The van der Waals surface area contributed by atoms with Crippen LogP contribution in [0.5, 0.6) is 0 Å². The van der Waals surface area contributed by atoms with E-state index in [2.05, 4.69) is 39.3 Å². The van der Waals surface area contributed by atoms with Crippen LogP contribution in [-0.2, 0) is 10.2 Å². The number of hydrogen-bond acceptors (Lipinski definition) is 3. The van der Waals surface area contributed by atoms with Crippen LogP contribution in [0.15, 0.2) is 36.5 Å². The maximum absolute atomic E-state index is 13.1. The lowest BCUT2D eigenvalue weighted by Gasteiger charge is -2.27.